The van der Waals surface area contributed by atoms with Gasteiger partial charge in [0.1, 0.15) is 6.34 Å². The van der Waals surface area contributed by atoms with Gasteiger partial charge < -0.3 is 0 Å². The number of piperidine rings is 1. The first-order chi connectivity index (χ1) is 14.9. The number of hydrogen-bond donors (Lipinski definition) is 0. The summed E-state index contributed by atoms with van der Waals surface area (Å²) >= 11 is 6.06. The van der Waals surface area contributed by atoms with Crippen molar-refractivity contribution in [3.63, 3.8) is 0 Å². The summed E-state index contributed by atoms with van der Waals surface area (Å²) in [6.45, 7) is 1.64. The lowest BCUT2D eigenvalue weighted by Crippen LogP contribution is -2.37. The van der Waals surface area contributed by atoms with Crippen molar-refractivity contribution in [2.24, 2.45) is 9.50 Å². The Labute approximate surface area is 188 Å². The van der Waals surface area contributed by atoms with Crippen LogP contribution in [0.3, 0.4) is 0 Å². The van der Waals surface area contributed by atoms with Crippen molar-refractivity contribution in [2.45, 2.75) is 25.2 Å². The first kappa shape index (κ1) is 21.8. The van der Waals surface area contributed by atoms with Crippen molar-refractivity contribution in [3.05, 3.63) is 70.7 Å². The van der Waals surface area contributed by atoms with Crippen LogP contribution in [0.15, 0.2) is 64.1 Å². The number of halogens is 1. The lowest BCUT2D eigenvalue weighted by molar-refractivity contribution is 0.0919. The van der Waals surface area contributed by atoms with Crippen molar-refractivity contribution in [1.29, 1.82) is 0 Å². The molecule has 0 bridgehead atoms. The summed E-state index contributed by atoms with van der Waals surface area (Å²) in [4.78, 5) is 0. The smallest absolute Gasteiger partial charge is 0.261 e. The van der Waals surface area contributed by atoms with Crippen molar-refractivity contribution < 1.29 is 8.42 Å². The molecule has 164 valence electrons. The molecule has 2 aromatic rings. The molecular weight excluding hydrogens is 434 g/mol. The molecule has 0 aromatic heterocycles. The minimum absolute atomic E-state index is 0.0388. The van der Waals surface area contributed by atoms with Gasteiger partial charge in [0.15, 0.2) is 0 Å². The van der Waals surface area contributed by atoms with Crippen LogP contribution < -0.4 is 0 Å². The molecule has 2 aromatic carbocycles. The minimum atomic E-state index is -3.67. The number of hydrazine groups is 1. The topological polar surface area (TPSA) is 68.6 Å². The van der Waals surface area contributed by atoms with Crippen LogP contribution in [0.5, 0.6) is 0 Å². The normalized spacial score (nSPS) is 20.3. The molecule has 2 heterocycles. The quantitative estimate of drug-likeness (QED) is 0.487. The standard InChI is InChI=1S/C22H26ClN5O2S/c1-26(17-24-31(29,30)27-14-6-3-7-15-27)28-16-21(18-8-4-2-5-9-18)22(25-28)19-10-12-20(23)13-11-19/h2,4-5,8-13,17,21H,3,6-7,14-16H2,1H3/b24-17+. The molecule has 1 unspecified atom stereocenters. The molecule has 0 radical (unpaired) electrons. The van der Waals surface area contributed by atoms with Crippen molar-refractivity contribution in [1.82, 2.24) is 14.4 Å². The molecule has 2 aliphatic rings. The van der Waals surface area contributed by atoms with Gasteiger partial charge in [0, 0.05) is 25.2 Å². The molecule has 0 aliphatic carbocycles. The largest absolute Gasteiger partial charge is 0.323 e. The van der Waals surface area contributed by atoms with Gasteiger partial charge in [-0.3, -0.25) is 5.01 Å². The third-order valence-corrected chi connectivity index (χ3v) is 7.22. The lowest BCUT2D eigenvalue weighted by Gasteiger charge is -2.26. The highest BCUT2D eigenvalue weighted by Crippen LogP contribution is 2.29. The molecule has 1 fully saturated rings. The van der Waals surface area contributed by atoms with Crippen LogP contribution in [0.2, 0.25) is 5.02 Å². The Bertz CT molecular complexity index is 1050. The predicted molar refractivity (Wildman–Crippen MR) is 124 cm³/mol. The number of benzene rings is 2. The number of hydrogen-bond acceptors (Lipinski definition) is 4. The molecular formula is C22H26ClN5O2S. The highest BCUT2D eigenvalue weighted by Gasteiger charge is 2.31. The molecule has 4 rings (SSSR count). The zero-order valence-electron chi connectivity index (χ0n) is 17.4. The van der Waals surface area contributed by atoms with Gasteiger partial charge in [-0.2, -0.15) is 17.8 Å². The maximum atomic E-state index is 12.5. The van der Waals surface area contributed by atoms with Crippen LogP contribution in [-0.2, 0) is 10.2 Å². The van der Waals surface area contributed by atoms with E-state index in [9.17, 15) is 8.42 Å². The fraction of sp³-hybridized carbons (Fsp3) is 0.364. The molecule has 9 heteroatoms. The lowest BCUT2D eigenvalue weighted by atomic mass is 9.91. The molecule has 1 atom stereocenters. The Morgan fingerprint density at radius 3 is 2.42 bits per heavy atom. The second kappa shape index (κ2) is 9.38. The second-order valence-electron chi connectivity index (χ2n) is 7.74. The van der Waals surface area contributed by atoms with Gasteiger partial charge in [-0.05, 0) is 36.1 Å². The highest BCUT2D eigenvalue weighted by molar-refractivity contribution is 7.87. The highest BCUT2D eigenvalue weighted by atomic mass is 35.5. The SMILES string of the molecule is CN(/C=N/S(=O)(=O)N1CCCCC1)N1CC(c2ccccc2)C(c2ccc(Cl)cc2)=N1. The molecule has 0 amide bonds. The monoisotopic (exact) mass is 459 g/mol. The van der Waals surface area contributed by atoms with Crippen molar-refractivity contribution >= 4 is 33.9 Å². The number of nitrogens with zero attached hydrogens (tertiary/aromatic N) is 5. The molecule has 0 spiro atoms. The van der Waals surface area contributed by atoms with Crippen LogP contribution >= 0.6 is 11.6 Å². The molecule has 1 saturated heterocycles. The summed E-state index contributed by atoms with van der Waals surface area (Å²) in [5, 5.41) is 8.83. The number of rotatable bonds is 6. The summed E-state index contributed by atoms with van der Waals surface area (Å²) in [5.74, 6) is 0.0388. The van der Waals surface area contributed by atoms with E-state index in [-0.39, 0.29) is 5.92 Å². The van der Waals surface area contributed by atoms with Gasteiger partial charge >= 0.3 is 10.2 Å². The summed E-state index contributed by atoms with van der Waals surface area (Å²) in [6, 6.07) is 17.8. The fourth-order valence-electron chi connectivity index (χ4n) is 3.86. The summed E-state index contributed by atoms with van der Waals surface area (Å²) in [7, 11) is -1.92. The van der Waals surface area contributed by atoms with Crippen LogP contribution in [0, 0.1) is 0 Å². The Hall–Kier alpha value is -2.42. The average Bonchev–Trinajstić information content (AvgIpc) is 3.25. The zero-order valence-corrected chi connectivity index (χ0v) is 19.0. The van der Waals surface area contributed by atoms with Gasteiger partial charge in [-0.15, -0.1) is 4.40 Å². The molecule has 0 N–H and O–H groups in total. The van der Waals surface area contributed by atoms with Crippen LogP contribution in [0.4, 0.5) is 0 Å². The van der Waals surface area contributed by atoms with E-state index in [1.807, 2.05) is 42.5 Å². The molecule has 0 saturated carbocycles. The molecule has 7 nitrogen and oxygen atoms in total. The minimum Gasteiger partial charge on any atom is -0.261 e. The molecule has 31 heavy (non-hydrogen) atoms. The van der Waals surface area contributed by atoms with E-state index < -0.39 is 10.2 Å². The first-order valence-electron chi connectivity index (χ1n) is 10.4. The van der Waals surface area contributed by atoms with Gasteiger partial charge in [0.05, 0.1) is 18.2 Å². The summed E-state index contributed by atoms with van der Waals surface area (Å²) in [6.07, 6.45) is 4.15. The average molecular weight is 460 g/mol. The maximum absolute atomic E-state index is 12.5. The van der Waals surface area contributed by atoms with E-state index in [1.165, 1.54) is 10.6 Å². The molecule has 2 aliphatic heterocycles. The Morgan fingerprint density at radius 1 is 1.06 bits per heavy atom. The van der Waals surface area contributed by atoms with Crippen molar-refractivity contribution in [3.8, 4) is 0 Å². The van der Waals surface area contributed by atoms with Crippen LogP contribution in [0.1, 0.15) is 36.3 Å². The maximum Gasteiger partial charge on any atom is 0.323 e. The third-order valence-electron chi connectivity index (χ3n) is 5.59. The van der Waals surface area contributed by atoms with E-state index in [2.05, 4.69) is 16.5 Å². The van der Waals surface area contributed by atoms with Crippen molar-refractivity contribution in [2.75, 3.05) is 26.7 Å². The fourth-order valence-corrected chi connectivity index (χ4v) is 5.10. The zero-order chi connectivity index (χ0) is 21.8. The van der Waals surface area contributed by atoms with Gasteiger partial charge in [0.2, 0.25) is 0 Å². The van der Waals surface area contributed by atoms with E-state index in [0.717, 1.165) is 36.1 Å². The predicted octanol–water partition coefficient (Wildman–Crippen LogP) is 3.75. The second-order valence-corrected chi connectivity index (χ2v) is 9.80. The third kappa shape index (κ3) is 5.08. The Balaban J connectivity index is 1.57. The van der Waals surface area contributed by atoms with E-state index in [0.29, 0.717) is 24.7 Å². The van der Waals surface area contributed by atoms with E-state index in [1.54, 1.807) is 17.2 Å². The van der Waals surface area contributed by atoms with Gasteiger partial charge in [0.25, 0.3) is 0 Å². The number of hydrazone groups is 1. The van der Waals surface area contributed by atoms with E-state index >= 15 is 0 Å². The Kier molecular flexibility index (Phi) is 6.60. The van der Waals surface area contributed by atoms with E-state index in [4.69, 9.17) is 16.7 Å². The summed E-state index contributed by atoms with van der Waals surface area (Å²) in [5.41, 5.74) is 3.03. The summed E-state index contributed by atoms with van der Waals surface area (Å²) < 4.78 is 30.4. The first-order valence-corrected chi connectivity index (χ1v) is 12.2. The van der Waals surface area contributed by atoms with Crippen LogP contribution in [-0.4, -0.2) is 61.6 Å². The Morgan fingerprint density at radius 2 is 1.74 bits per heavy atom. The van der Waals surface area contributed by atoms with Gasteiger partial charge in [-0.1, -0.05) is 60.5 Å². The van der Waals surface area contributed by atoms with Gasteiger partial charge in [-0.25, -0.2) is 5.12 Å². The van der Waals surface area contributed by atoms with Crippen LogP contribution in [0.25, 0.3) is 0 Å².